The van der Waals surface area contributed by atoms with Gasteiger partial charge in [-0.15, -0.1) is 0 Å². The zero-order valence-corrected chi connectivity index (χ0v) is 8.56. The van der Waals surface area contributed by atoms with Gasteiger partial charge >= 0.3 is 6.03 Å². The van der Waals surface area contributed by atoms with Gasteiger partial charge < -0.3 is 22.1 Å². The average molecular weight is 223 g/mol. The highest BCUT2D eigenvalue weighted by molar-refractivity contribution is 5.92. The molecule has 0 saturated heterocycles. The zero-order valence-electron chi connectivity index (χ0n) is 8.56. The Bertz CT molecular complexity index is 376. The molecule has 0 aliphatic rings. The molecule has 6 N–H and O–H groups in total. The number of carbonyl (C=O) groups is 2. The lowest BCUT2D eigenvalue weighted by molar-refractivity contribution is 0.1000. The predicted octanol–water partition coefficient (Wildman–Crippen LogP) is -0.739. The quantitative estimate of drug-likeness (QED) is 0.491. The molecule has 0 bridgehead atoms. The van der Waals surface area contributed by atoms with E-state index in [1.807, 2.05) is 0 Å². The molecule has 3 amide bonds. The van der Waals surface area contributed by atoms with Gasteiger partial charge in [-0.2, -0.15) is 0 Å². The summed E-state index contributed by atoms with van der Waals surface area (Å²) >= 11 is 0. The van der Waals surface area contributed by atoms with Crippen LogP contribution in [0.1, 0.15) is 10.4 Å². The summed E-state index contributed by atoms with van der Waals surface area (Å²) < 4.78 is 0. The van der Waals surface area contributed by atoms with Crippen LogP contribution in [0, 0.1) is 0 Å². The summed E-state index contributed by atoms with van der Waals surface area (Å²) in [5.74, 6) is 0.0747. The third-order valence-corrected chi connectivity index (χ3v) is 1.78. The number of primary amides is 2. The summed E-state index contributed by atoms with van der Waals surface area (Å²) in [5, 5.41) is 5.35. The summed E-state index contributed by atoms with van der Waals surface area (Å²) in [7, 11) is 0. The highest BCUT2D eigenvalue weighted by Crippen LogP contribution is 2.03. The maximum atomic E-state index is 10.7. The van der Waals surface area contributed by atoms with Gasteiger partial charge in [-0.05, 0) is 12.1 Å². The first kappa shape index (κ1) is 11.8. The van der Waals surface area contributed by atoms with Gasteiger partial charge in [0.05, 0.1) is 5.56 Å². The van der Waals surface area contributed by atoms with Crippen molar-refractivity contribution in [2.45, 2.75) is 0 Å². The second-order valence-corrected chi connectivity index (χ2v) is 3.01. The van der Waals surface area contributed by atoms with Crippen LogP contribution in [0.25, 0.3) is 0 Å². The number of amides is 3. The summed E-state index contributed by atoms with van der Waals surface area (Å²) in [6.45, 7) is 0.889. The van der Waals surface area contributed by atoms with Gasteiger partial charge in [0.2, 0.25) is 5.91 Å². The predicted molar refractivity (Wildman–Crippen MR) is 58.8 cm³/mol. The lowest BCUT2D eigenvalue weighted by atomic mass is 10.3. The molecule has 0 spiro atoms. The monoisotopic (exact) mass is 223 g/mol. The van der Waals surface area contributed by atoms with E-state index in [2.05, 4.69) is 15.6 Å². The van der Waals surface area contributed by atoms with Crippen molar-refractivity contribution in [2.75, 3.05) is 18.4 Å². The fraction of sp³-hybridized carbons (Fsp3) is 0.222. The number of rotatable bonds is 5. The number of nitrogens with one attached hydrogen (secondary N) is 2. The maximum Gasteiger partial charge on any atom is 0.312 e. The first-order chi connectivity index (χ1) is 7.59. The molecule has 0 aliphatic heterocycles. The van der Waals surface area contributed by atoms with Crippen LogP contribution in [0.5, 0.6) is 0 Å². The van der Waals surface area contributed by atoms with Gasteiger partial charge in [0, 0.05) is 19.3 Å². The lowest BCUT2D eigenvalue weighted by Gasteiger charge is -2.05. The lowest BCUT2D eigenvalue weighted by Crippen LogP contribution is -2.33. The first-order valence-corrected chi connectivity index (χ1v) is 4.62. The van der Waals surface area contributed by atoms with Crippen molar-refractivity contribution in [2.24, 2.45) is 11.5 Å². The summed E-state index contributed by atoms with van der Waals surface area (Å²) in [6, 6.07) is 2.63. The van der Waals surface area contributed by atoms with E-state index in [4.69, 9.17) is 11.5 Å². The van der Waals surface area contributed by atoms with Gasteiger partial charge in [-0.1, -0.05) is 0 Å². The van der Waals surface area contributed by atoms with Crippen LogP contribution in [0.2, 0.25) is 0 Å². The molecule has 0 unspecified atom stereocenters. The molecule has 0 fully saturated rings. The number of hydrogen-bond donors (Lipinski definition) is 4. The average Bonchev–Trinajstić information content (AvgIpc) is 2.25. The van der Waals surface area contributed by atoms with Gasteiger partial charge in [0.15, 0.2) is 0 Å². The van der Waals surface area contributed by atoms with E-state index in [1.54, 1.807) is 12.1 Å². The van der Waals surface area contributed by atoms with E-state index in [1.165, 1.54) is 6.20 Å². The molecule has 0 saturated carbocycles. The molecule has 7 nitrogen and oxygen atoms in total. The second-order valence-electron chi connectivity index (χ2n) is 3.01. The third kappa shape index (κ3) is 3.82. The number of anilines is 1. The Morgan fingerprint density at radius 3 is 2.50 bits per heavy atom. The fourth-order valence-electron chi connectivity index (χ4n) is 1.02. The molecule has 0 atom stereocenters. The fourth-order valence-corrected chi connectivity index (χ4v) is 1.02. The highest BCUT2D eigenvalue weighted by Gasteiger charge is 2.00. The van der Waals surface area contributed by atoms with Crippen LogP contribution in [-0.2, 0) is 0 Å². The van der Waals surface area contributed by atoms with E-state index < -0.39 is 11.9 Å². The van der Waals surface area contributed by atoms with E-state index >= 15 is 0 Å². The highest BCUT2D eigenvalue weighted by atomic mass is 16.2. The number of carbonyl (C=O) groups excluding carboxylic acids is 2. The Labute approximate surface area is 92.2 Å². The Morgan fingerprint density at radius 2 is 2.00 bits per heavy atom. The number of aromatic nitrogens is 1. The van der Waals surface area contributed by atoms with E-state index in [-0.39, 0.29) is 0 Å². The molecule has 86 valence electrons. The number of nitrogens with two attached hydrogens (primary N) is 2. The number of urea groups is 1. The summed E-state index contributed by atoms with van der Waals surface area (Å²) in [6.07, 6.45) is 1.38. The molecule has 0 aliphatic carbocycles. The number of nitrogens with zero attached hydrogens (tertiary/aromatic N) is 1. The van der Waals surface area contributed by atoms with Crippen LogP contribution in [0.4, 0.5) is 10.6 Å². The molecule has 1 rings (SSSR count). The topological polar surface area (TPSA) is 123 Å². The molecule has 1 aromatic rings. The summed E-state index contributed by atoms with van der Waals surface area (Å²) in [4.78, 5) is 25.1. The van der Waals surface area contributed by atoms with Crippen molar-refractivity contribution in [3.8, 4) is 0 Å². The second kappa shape index (κ2) is 5.54. The molecule has 7 heteroatoms. The largest absolute Gasteiger partial charge is 0.368 e. The molecule has 16 heavy (non-hydrogen) atoms. The van der Waals surface area contributed by atoms with E-state index in [0.717, 1.165) is 0 Å². The smallest absolute Gasteiger partial charge is 0.312 e. The van der Waals surface area contributed by atoms with Crippen molar-refractivity contribution >= 4 is 17.8 Å². The Morgan fingerprint density at radius 1 is 1.25 bits per heavy atom. The SMILES string of the molecule is NC(=O)NCCNc1ccc(C(N)=O)cn1. The minimum Gasteiger partial charge on any atom is -0.368 e. The van der Waals surface area contributed by atoms with Crippen molar-refractivity contribution < 1.29 is 9.59 Å². The van der Waals surface area contributed by atoms with Crippen LogP contribution in [0.15, 0.2) is 18.3 Å². The maximum absolute atomic E-state index is 10.7. The first-order valence-electron chi connectivity index (χ1n) is 4.62. The Balaban J connectivity index is 2.38. The number of pyridine rings is 1. The molecular formula is C9H13N5O2. The normalized spacial score (nSPS) is 9.50. The van der Waals surface area contributed by atoms with Crippen LogP contribution in [-0.4, -0.2) is 30.0 Å². The zero-order chi connectivity index (χ0) is 12.0. The van der Waals surface area contributed by atoms with Crippen molar-refractivity contribution in [1.29, 1.82) is 0 Å². The minimum absolute atomic E-state index is 0.348. The van der Waals surface area contributed by atoms with E-state index in [9.17, 15) is 9.59 Å². The van der Waals surface area contributed by atoms with Gasteiger partial charge in [-0.3, -0.25) is 4.79 Å². The molecule has 1 heterocycles. The number of hydrogen-bond acceptors (Lipinski definition) is 4. The minimum atomic E-state index is -0.571. The third-order valence-electron chi connectivity index (χ3n) is 1.78. The standard InChI is InChI=1S/C9H13N5O2/c10-8(15)6-1-2-7(14-5-6)12-3-4-13-9(11)16/h1-2,5H,3-4H2,(H2,10,15)(H,12,14)(H3,11,13,16). The Hall–Kier alpha value is -2.31. The van der Waals surface area contributed by atoms with Crippen LogP contribution in [0.3, 0.4) is 0 Å². The van der Waals surface area contributed by atoms with Crippen molar-refractivity contribution in [3.63, 3.8) is 0 Å². The van der Waals surface area contributed by atoms with Gasteiger partial charge in [0.25, 0.3) is 0 Å². The van der Waals surface area contributed by atoms with Crippen LogP contribution >= 0.6 is 0 Å². The molecule has 0 radical (unpaired) electrons. The molecule has 1 aromatic heterocycles. The summed E-state index contributed by atoms with van der Waals surface area (Å²) in [5.41, 5.74) is 10.3. The van der Waals surface area contributed by atoms with Crippen LogP contribution < -0.4 is 22.1 Å². The van der Waals surface area contributed by atoms with E-state index in [0.29, 0.717) is 24.5 Å². The van der Waals surface area contributed by atoms with Gasteiger partial charge in [-0.25, -0.2) is 9.78 Å². The van der Waals surface area contributed by atoms with Gasteiger partial charge in [0.1, 0.15) is 5.82 Å². The Kier molecular flexibility index (Phi) is 4.07. The van der Waals surface area contributed by atoms with Crippen molar-refractivity contribution in [1.82, 2.24) is 10.3 Å². The molecule has 0 aromatic carbocycles. The van der Waals surface area contributed by atoms with Crippen molar-refractivity contribution in [3.05, 3.63) is 23.9 Å². The molecular weight excluding hydrogens is 210 g/mol.